The Labute approximate surface area is 205 Å². The number of hydrogen-bond donors (Lipinski definition) is 1. The smallest absolute Gasteiger partial charge is 0.416 e. The number of halogens is 3. The first kappa shape index (κ1) is 25.2. The summed E-state index contributed by atoms with van der Waals surface area (Å²) in [6.45, 7) is 5.28. The van der Waals surface area contributed by atoms with Crippen LogP contribution in [0.2, 0.25) is 0 Å². The van der Waals surface area contributed by atoms with Crippen LogP contribution < -0.4 is 9.80 Å². The van der Waals surface area contributed by atoms with Crippen molar-refractivity contribution < 1.29 is 27.9 Å². The topological polar surface area (TPSA) is 64.1 Å². The molecule has 2 aliphatic heterocycles. The summed E-state index contributed by atoms with van der Waals surface area (Å²) in [5.41, 5.74) is 1.88. The second kappa shape index (κ2) is 10.4. The van der Waals surface area contributed by atoms with Crippen molar-refractivity contribution >= 4 is 39.3 Å². The number of carbonyl (C=O) groups excluding carboxylic acids is 1. The average Bonchev–Trinajstić information content (AvgIpc) is 3.26. The fourth-order valence-electron chi connectivity index (χ4n) is 4.57. The van der Waals surface area contributed by atoms with Gasteiger partial charge in [-0.1, -0.05) is 16.7 Å². The highest BCUT2D eigenvalue weighted by Gasteiger charge is 2.31. The highest BCUT2D eigenvalue weighted by molar-refractivity contribution is 8.13. The number of aliphatic carboxylic acids is 1. The fraction of sp³-hybridized carbons (Fsp3) is 0.400. The number of nitrogens with zero attached hydrogens (tertiary/aromatic N) is 3. The van der Waals surface area contributed by atoms with Gasteiger partial charge in [0.15, 0.2) is 0 Å². The van der Waals surface area contributed by atoms with E-state index in [9.17, 15) is 22.8 Å². The molecule has 0 spiro atoms. The molecule has 0 saturated carbocycles. The van der Waals surface area contributed by atoms with Gasteiger partial charge in [-0.15, -0.1) is 0 Å². The van der Waals surface area contributed by atoms with Gasteiger partial charge in [-0.05, 0) is 60.7 Å². The van der Waals surface area contributed by atoms with Crippen LogP contribution in [0.15, 0.2) is 47.4 Å². The molecule has 1 saturated heterocycles. The standard InChI is InChI=1S/C25H28F3N3O3S/c1-2-35(21-6-7-22-18(16-21)10-11-31(22)23(32)8-9-24(33)34)30-14-12-29(13-15-30)20-5-3-4-19(17-20)25(26,27)28/h2-7,16-17H,8-15H2,1H3,(H,33,34). The first-order valence-electron chi connectivity index (χ1n) is 11.5. The molecule has 0 aliphatic carbocycles. The minimum Gasteiger partial charge on any atom is -0.481 e. The highest BCUT2D eigenvalue weighted by Crippen LogP contribution is 2.38. The Balaban J connectivity index is 1.43. The fourth-order valence-corrected chi connectivity index (χ4v) is 6.47. The van der Waals surface area contributed by atoms with Crippen LogP contribution in [0, 0.1) is 0 Å². The molecule has 188 valence electrons. The van der Waals surface area contributed by atoms with Gasteiger partial charge in [0, 0.05) is 55.4 Å². The molecule has 1 fully saturated rings. The van der Waals surface area contributed by atoms with E-state index in [2.05, 4.69) is 15.7 Å². The largest absolute Gasteiger partial charge is 0.481 e. The summed E-state index contributed by atoms with van der Waals surface area (Å²) in [6.07, 6.45) is -3.82. The number of piperazine rings is 1. The molecule has 4 rings (SSSR count). The number of alkyl halides is 3. The zero-order valence-corrected chi connectivity index (χ0v) is 20.2. The van der Waals surface area contributed by atoms with Crippen molar-refractivity contribution in [2.45, 2.75) is 37.3 Å². The third-order valence-electron chi connectivity index (χ3n) is 6.32. The number of rotatable bonds is 6. The molecule has 0 radical (unpaired) electrons. The summed E-state index contributed by atoms with van der Waals surface area (Å²) in [5.74, 6) is -1.16. The Hall–Kier alpha value is -2.85. The zero-order valence-electron chi connectivity index (χ0n) is 19.4. The lowest BCUT2D eigenvalue weighted by molar-refractivity contribution is -0.138. The molecule has 1 atom stereocenters. The molecule has 2 aromatic carbocycles. The third-order valence-corrected chi connectivity index (χ3v) is 8.43. The predicted octanol–water partition coefficient (Wildman–Crippen LogP) is 4.65. The Morgan fingerprint density at radius 1 is 1.03 bits per heavy atom. The number of anilines is 2. The summed E-state index contributed by atoms with van der Waals surface area (Å²) >= 11 is 0. The maximum absolute atomic E-state index is 13.1. The van der Waals surface area contributed by atoms with Gasteiger partial charge in [-0.3, -0.25) is 9.59 Å². The van der Waals surface area contributed by atoms with Crippen LogP contribution in [-0.2, 0) is 22.2 Å². The van der Waals surface area contributed by atoms with Crippen LogP contribution >= 0.6 is 10.7 Å². The quantitative estimate of drug-likeness (QED) is 0.577. The van der Waals surface area contributed by atoms with Crippen molar-refractivity contribution in [3.8, 4) is 0 Å². The van der Waals surface area contributed by atoms with Crippen LogP contribution in [0.25, 0.3) is 0 Å². The monoisotopic (exact) mass is 507 g/mol. The van der Waals surface area contributed by atoms with Crippen LogP contribution in [0.5, 0.6) is 0 Å². The lowest BCUT2D eigenvalue weighted by Crippen LogP contribution is -2.44. The number of amides is 1. The Bertz CT molecular complexity index is 1140. The van der Waals surface area contributed by atoms with Gasteiger partial charge in [-0.2, -0.15) is 13.2 Å². The molecule has 0 bridgehead atoms. The lowest BCUT2D eigenvalue weighted by atomic mass is 10.1. The molecule has 10 heteroatoms. The van der Waals surface area contributed by atoms with Crippen molar-refractivity contribution in [2.75, 3.05) is 42.5 Å². The predicted molar refractivity (Wildman–Crippen MR) is 132 cm³/mol. The van der Waals surface area contributed by atoms with E-state index < -0.39 is 17.7 Å². The molecule has 2 aromatic rings. The van der Waals surface area contributed by atoms with Gasteiger partial charge < -0.3 is 14.9 Å². The van der Waals surface area contributed by atoms with Crippen LogP contribution in [0.1, 0.15) is 30.9 Å². The second-order valence-corrected chi connectivity index (χ2v) is 10.6. The van der Waals surface area contributed by atoms with Gasteiger partial charge in [0.25, 0.3) is 0 Å². The molecular formula is C25H28F3N3O3S. The minimum absolute atomic E-state index is 0.0141. The summed E-state index contributed by atoms with van der Waals surface area (Å²) in [5, 5.41) is 11.0. The summed E-state index contributed by atoms with van der Waals surface area (Å²) in [6, 6.07) is 11.6. The number of carbonyl (C=O) groups is 2. The molecule has 1 N–H and O–H groups in total. The normalized spacial score (nSPS) is 17.5. The van der Waals surface area contributed by atoms with Gasteiger partial charge in [0.2, 0.25) is 5.91 Å². The minimum atomic E-state index is -4.36. The van der Waals surface area contributed by atoms with Gasteiger partial charge in [-0.25, -0.2) is 4.31 Å². The van der Waals surface area contributed by atoms with E-state index >= 15 is 0 Å². The Morgan fingerprint density at radius 3 is 2.43 bits per heavy atom. The summed E-state index contributed by atoms with van der Waals surface area (Å²) < 4.78 is 41.6. The van der Waals surface area contributed by atoms with E-state index in [0.717, 1.165) is 41.7 Å². The molecular weight excluding hydrogens is 479 g/mol. The summed E-state index contributed by atoms with van der Waals surface area (Å²) in [4.78, 5) is 28.0. The van der Waals surface area contributed by atoms with Crippen molar-refractivity contribution in [3.05, 3.63) is 53.6 Å². The first-order chi connectivity index (χ1) is 16.7. The van der Waals surface area contributed by atoms with E-state index in [4.69, 9.17) is 5.11 Å². The average molecular weight is 508 g/mol. The number of fused-ring (bicyclic) bond motifs is 1. The molecule has 0 aromatic heterocycles. The van der Waals surface area contributed by atoms with Crippen molar-refractivity contribution in [2.24, 2.45) is 0 Å². The third kappa shape index (κ3) is 5.70. The second-order valence-electron chi connectivity index (χ2n) is 8.49. The number of carboxylic acids is 1. The van der Waals surface area contributed by atoms with E-state index in [1.165, 1.54) is 12.1 Å². The SMILES string of the molecule is C/C=S(/c1ccc2c(c1)CCN2C(=O)CCC(=O)O)N1CCN(c2cccc(C(F)(F)F)c2)CC1. The van der Waals surface area contributed by atoms with Crippen LogP contribution in [0.3, 0.4) is 0 Å². The Morgan fingerprint density at radius 2 is 1.77 bits per heavy atom. The van der Waals surface area contributed by atoms with E-state index in [1.807, 2.05) is 24.0 Å². The Kier molecular flexibility index (Phi) is 7.51. The lowest BCUT2D eigenvalue weighted by Gasteiger charge is -2.38. The van der Waals surface area contributed by atoms with E-state index in [0.29, 0.717) is 25.3 Å². The van der Waals surface area contributed by atoms with E-state index in [1.54, 1.807) is 11.0 Å². The molecule has 1 amide bonds. The molecule has 2 aliphatic rings. The van der Waals surface area contributed by atoms with E-state index in [-0.39, 0.29) is 29.4 Å². The molecule has 35 heavy (non-hydrogen) atoms. The van der Waals surface area contributed by atoms with Crippen LogP contribution in [-0.4, -0.2) is 59.4 Å². The number of benzene rings is 2. The molecule has 6 nitrogen and oxygen atoms in total. The molecule has 2 heterocycles. The van der Waals surface area contributed by atoms with Crippen molar-refractivity contribution in [1.82, 2.24) is 4.31 Å². The number of hydrogen-bond acceptors (Lipinski definition) is 4. The molecule has 1 unspecified atom stereocenters. The van der Waals surface area contributed by atoms with Crippen molar-refractivity contribution in [1.29, 1.82) is 0 Å². The highest BCUT2D eigenvalue weighted by atomic mass is 32.2. The summed E-state index contributed by atoms with van der Waals surface area (Å²) in [7, 11) is -0.274. The first-order valence-corrected chi connectivity index (χ1v) is 12.8. The number of carboxylic acid groups (broad SMARTS) is 1. The van der Waals surface area contributed by atoms with Crippen molar-refractivity contribution in [3.63, 3.8) is 0 Å². The van der Waals surface area contributed by atoms with Crippen LogP contribution in [0.4, 0.5) is 24.5 Å². The van der Waals surface area contributed by atoms with Gasteiger partial charge in [0.1, 0.15) is 0 Å². The van der Waals surface area contributed by atoms with Gasteiger partial charge in [0.05, 0.1) is 12.0 Å². The zero-order chi connectivity index (χ0) is 25.2. The maximum Gasteiger partial charge on any atom is 0.416 e. The van der Waals surface area contributed by atoms with Gasteiger partial charge >= 0.3 is 12.1 Å². The maximum atomic E-state index is 13.1.